The zero-order valence-corrected chi connectivity index (χ0v) is 18.9. The van der Waals surface area contributed by atoms with E-state index in [9.17, 15) is 14.4 Å². The predicted octanol–water partition coefficient (Wildman–Crippen LogP) is 2.33. The van der Waals surface area contributed by atoms with Crippen LogP contribution < -0.4 is 17.0 Å². The molecule has 0 atom stereocenters. The van der Waals surface area contributed by atoms with Gasteiger partial charge in [0.25, 0.3) is 5.56 Å². The van der Waals surface area contributed by atoms with E-state index < -0.39 is 11.2 Å². The summed E-state index contributed by atoms with van der Waals surface area (Å²) in [6.07, 6.45) is 3.98. The van der Waals surface area contributed by atoms with Gasteiger partial charge in [-0.2, -0.15) is 0 Å². The lowest BCUT2D eigenvalue weighted by Crippen LogP contribution is -2.45. The SMILES string of the molecule is CC(C)Cn1c(N)c(C(=O)CN2CCC(c3c[nH]c4ccccc34)CC2)c(=O)n(C)c1=O. The third-order valence-electron chi connectivity index (χ3n) is 6.43. The van der Waals surface area contributed by atoms with E-state index in [1.54, 1.807) is 0 Å². The van der Waals surface area contributed by atoms with Crippen molar-refractivity contribution >= 4 is 22.5 Å². The molecule has 0 amide bonds. The molecular formula is C24H31N5O3. The third-order valence-corrected chi connectivity index (χ3v) is 6.43. The second-order valence-corrected chi connectivity index (χ2v) is 9.17. The van der Waals surface area contributed by atoms with E-state index in [-0.39, 0.29) is 29.6 Å². The van der Waals surface area contributed by atoms with Gasteiger partial charge in [0.1, 0.15) is 11.4 Å². The summed E-state index contributed by atoms with van der Waals surface area (Å²) in [5.41, 5.74) is 7.43. The lowest BCUT2D eigenvalue weighted by molar-refractivity contribution is 0.0907. The number of nitrogens with zero attached hydrogens (tertiary/aromatic N) is 3. The van der Waals surface area contributed by atoms with Crippen LogP contribution in [0, 0.1) is 5.92 Å². The lowest BCUT2D eigenvalue weighted by Gasteiger charge is -2.31. The molecule has 1 aromatic carbocycles. The summed E-state index contributed by atoms with van der Waals surface area (Å²) in [6, 6.07) is 8.30. The number of nitrogens with two attached hydrogens (primary N) is 1. The molecule has 3 heterocycles. The van der Waals surface area contributed by atoms with Gasteiger partial charge >= 0.3 is 5.69 Å². The average molecular weight is 438 g/mol. The Hall–Kier alpha value is -3.13. The first-order valence-corrected chi connectivity index (χ1v) is 11.2. The molecule has 8 nitrogen and oxygen atoms in total. The Labute approximate surface area is 186 Å². The van der Waals surface area contributed by atoms with Crippen LogP contribution >= 0.6 is 0 Å². The number of hydrogen-bond acceptors (Lipinski definition) is 5. The Balaban J connectivity index is 1.49. The predicted molar refractivity (Wildman–Crippen MR) is 126 cm³/mol. The number of fused-ring (bicyclic) bond motifs is 1. The van der Waals surface area contributed by atoms with Crippen molar-refractivity contribution in [2.24, 2.45) is 13.0 Å². The summed E-state index contributed by atoms with van der Waals surface area (Å²) < 4.78 is 2.32. The minimum atomic E-state index is -0.619. The van der Waals surface area contributed by atoms with E-state index in [2.05, 4.69) is 34.3 Å². The first kappa shape index (κ1) is 22.1. The summed E-state index contributed by atoms with van der Waals surface area (Å²) in [4.78, 5) is 43.7. The molecule has 4 rings (SSSR count). The number of H-pyrrole nitrogens is 1. The Bertz CT molecular complexity index is 1260. The molecule has 2 aromatic heterocycles. The van der Waals surface area contributed by atoms with Crippen molar-refractivity contribution in [3.63, 3.8) is 0 Å². The number of likely N-dealkylation sites (tertiary alicyclic amines) is 1. The molecule has 1 aliphatic heterocycles. The number of hydrogen-bond donors (Lipinski definition) is 2. The van der Waals surface area contributed by atoms with E-state index in [4.69, 9.17) is 5.73 Å². The van der Waals surface area contributed by atoms with Gasteiger partial charge in [-0.3, -0.25) is 23.6 Å². The maximum absolute atomic E-state index is 13.1. The van der Waals surface area contributed by atoms with Gasteiger partial charge in [0.05, 0.1) is 6.54 Å². The smallest absolute Gasteiger partial charge is 0.332 e. The number of ketones is 1. The fourth-order valence-electron chi connectivity index (χ4n) is 4.70. The van der Waals surface area contributed by atoms with Crippen molar-refractivity contribution in [2.75, 3.05) is 25.4 Å². The third kappa shape index (κ3) is 4.02. The number of carbonyl (C=O) groups is 1. The van der Waals surface area contributed by atoms with Gasteiger partial charge in [0, 0.05) is 30.7 Å². The molecule has 0 saturated carbocycles. The van der Waals surface area contributed by atoms with Crippen LogP contribution in [-0.2, 0) is 13.6 Å². The molecule has 1 aliphatic rings. The van der Waals surface area contributed by atoms with Crippen molar-refractivity contribution in [2.45, 2.75) is 39.2 Å². The van der Waals surface area contributed by atoms with Gasteiger partial charge < -0.3 is 10.7 Å². The highest BCUT2D eigenvalue weighted by Gasteiger charge is 2.27. The number of benzene rings is 1. The van der Waals surface area contributed by atoms with Crippen LogP contribution in [-0.4, -0.2) is 44.4 Å². The molecule has 0 unspecified atom stereocenters. The first-order valence-electron chi connectivity index (χ1n) is 11.2. The summed E-state index contributed by atoms with van der Waals surface area (Å²) in [6.45, 7) is 5.92. The van der Waals surface area contributed by atoms with Crippen LogP contribution in [0.5, 0.6) is 0 Å². The number of para-hydroxylation sites is 1. The zero-order chi connectivity index (χ0) is 23.0. The minimum absolute atomic E-state index is 0.0227. The molecule has 0 spiro atoms. The Morgan fingerprint density at radius 1 is 1.19 bits per heavy atom. The van der Waals surface area contributed by atoms with Crippen LogP contribution in [0.15, 0.2) is 40.1 Å². The normalized spacial score (nSPS) is 15.6. The largest absolute Gasteiger partial charge is 0.384 e. The first-order chi connectivity index (χ1) is 15.3. The lowest BCUT2D eigenvalue weighted by atomic mass is 9.89. The van der Waals surface area contributed by atoms with Gasteiger partial charge in [-0.15, -0.1) is 0 Å². The minimum Gasteiger partial charge on any atom is -0.384 e. The molecule has 3 N–H and O–H groups in total. The van der Waals surface area contributed by atoms with E-state index >= 15 is 0 Å². The highest BCUT2D eigenvalue weighted by atomic mass is 16.2. The maximum atomic E-state index is 13.1. The van der Waals surface area contributed by atoms with Crippen LogP contribution in [0.1, 0.15) is 48.5 Å². The van der Waals surface area contributed by atoms with Crippen molar-refractivity contribution in [1.29, 1.82) is 0 Å². The van der Waals surface area contributed by atoms with Crippen LogP contribution in [0.25, 0.3) is 10.9 Å². The molecule has 32 heavy (non-hydrogen) atoms. The van der Waals surface area contributed by atoms with Crippen LogP contribution in [0.3, 0.4) is 0 Å². The van der Waals surface area contributed by atoms with Crippen LogP contribution in [0.4, 0.5) is 5.82 Å². The number of anilines is 1. The zero-order valence-electron chi connectivity index (χ0n) is 18.9. The van der Waals surface area contributed by atoms with Gasteiger partial charge in [-0.1, -0.05) is 32.0 Å². The molecule has 170 valence electrons. The molecule has 1 fully saturated rings. The van der Waals surface area contributed by atoms with Crippen molar-refractivity contribution < 1.29 is 4.79 Å². The van der Waals surface area contributed by atoms with E-state index in [0.717, 1.165) is 36.0 Å². The van der Waals surface area contributed by atoms with Gasteiger partial charge in [-0.05, 0) is 49.4 Å². The highest BCUT2D eigenvalue weighted by Crippen LogP contribution is 2.33. The number of piperidine rings is 1. The Morgan fingerprint density at radius 3 is 2.56 bits per heavy atom. The topological polar surface area (TPSA) is 106 Å². The second kappa shape index (κ2) is 8.78. The maximum Gasteiger partial charge on any atom is 0.332 e. The standard InChI is InChI=1S/C24H31N5O3/c1-15(2)13-29-22(25)21(23(31)27(3)24(29)32)20(30)14-28-10-8-16(9-11-28)18-12-26-19-7-5-4-6-17(18)19/h4-7,12,15-16,26H,8-11,13-14,25H2,1-3H3. The average Bonchev–Trinajstić information content (AvgIpc) is 3.20. The Kier molecular flexibility index (Phi) is 6.06. The Morgan fingerprint density at radius 2 is 1.88 bits per heavy atom. The molecule has 8 heteroatoms. The monoisotopic (exact) mass is 437 g/mol. The van der Waals surface area contributed by atoms with E-state index in [1.807, 2.05) is 19.9 Å². The van der Waals surface area contributed by atoms with Crippen LogP contribution in [0.2, 0.25) is 0 Å². The number of nitrogen functional groups attached to an aromatic ring is 1. The number of Topliss-reactive ketones (excluding diaryl/α,β-unsaturated/α-hetero) is 1. The summed E-state index contributed by atoms with van der Waals surface area (Å²) in [5, 5.41) is 1.26. The quantitative estimate of drug-likeness (QED) is 0.576. The molecule has 0 aliphatic carbocycles. The van der Waals surface area contributed by atoms with Gasteiger partial charge in [-0.25, -0.2) is 4.79 Å². The number of aromatic nitrogens is 3. The van der Waals surface area contributed by atoms with Crippen molar-refractivity contribution in [1.82, 2.24) is 19.0 Å². The van der Waals surface area contributed by atoms with Crippen molar-refractivity contribution in [3.05, 3.63) is 62.4 Å². The summed E-state index contributed by atoms with van der Waals surface area (Å²) in [7, 11) is 1.39. The number of rotatable bonds is 6. The molecule has 0 bridgehead atoms. The van der Waals surface area contributed by atoms with Gasteiger partial charge in [0.15, 0.2) is 5.78 Å². The summed E-state index contributed by atoms with van der Waals surface area (Å²) in [5.74, 6) is 0.235. The summed E-state index contributed by atoms with van der Waals surface area (Å²) >= 11 is 0. The number of aromatic amines is 1. The van der Waals surface area contributed by atoms with E-state index in [0.29, 0.717) is 12.5 Å². The fourth-order valence-corrected chi connectivity index (χ4v) is 4.70. The molecule has 1 saturated heterocycles. The van der Waals surface area contributed by atoms with Crippen molar-refractivity contribution in [3.8, 4) is 0 Å². The fraction of sp³-hybridized carbons (Fsp3) is 0.458. The highest BCUT2D eigenvalue weighted by molar-refractivity contribution is 6.01. The molecular weight excluding hydrogens is 406 g/mol. The van der Waals surface area contributed by atoms with Gasteiger partial charge in [0.2, 0.25) is 0 Å². The number of nitrogens with one attached hydrogen (secondary N) is 1. The second-order valence-electron chi connectivity index (χ2n) is 9.17. The molecule has 0 radical (unpaired) electrons. The number of carbonyl (C=O) groups excluding carboxylic acids is 1. The van der Waals surface area contributed by atoms with E-state index in [1.165, 1.54) is 22.6 Å². The molecule has 3 aromatic rings.